The van der Waals surface area contributed by atoms with Crippen molar-refractivity contribution >= 4 is 17.2 Å². The molecule has 1 aromatic carbocycles. The fourth-order valence-corrected chi connectivity index (χ4v) is 2.50. The second-order valence-electron chi connectivity index (χ2n) is 4.11. The summed E-state index contributed by atoms with van der Waals surface area (Å²) in [6, 6.07) is 10.2. The Kier molecular flexibility index (Phi) is 4.86. The smallest absolute Gasteiger partial charge is 0.243 e. The van der Waals surface area contributed by atoms with Crippen molar-refractivity contribution in [2.24, 2.45) is 0 Å². The lowest BCUT2D eigenvalue weighted by atomic mass is 10.2. The van der Waals surface area contributed by atoms with Crippen LogP contribution in [0.25, 0.3) is 0 Å². The van der Waals surface area contributed by atoms with E-state index in [4.69, 9.17) is 0 Å². The van der Waals surface area contributed by atoms with Gasteiger partial charge in [0.25, 0.3) is 0 Å². The lowest BCUT2D eigenvalue weighted by molar-refractivity contribution is -0.116. The van der Waals surface area contributed by atoms with Crippen LogP contribution in [0, 0.1) is 0 Å². The molecule has 2 aromatic rings. The maximum Gasteiger partial charge on any atom is 0.243 e. The minimum atomic E-state index is -0.0832. The van der Waals surface area contributed by atoms with E-state index in [1.165, 1.54) is 11.6 Å². The summed E-state index contributed by atoms with van der Waals surface area (Å²) in [4.78, 5) is 15.8. The zero-order valence-electron chi connectivity index (χ0n) is 10.8. The first-order valence-corrected chi connectivity index (χ1v) is 7.03. The molecular formula is C15H16N2OS. The van der Waals surface area contributed by atoms with Gasteiger partial charge in [0.05, 0.1) is 17.2 Å². The van der Waals surface area contributed by atoms with E-state index in [0.29, 0.717) is 6.54 Å². The average Bonchev–Trinajstić information content (AvgIpc) is 2.86. The third-order valence-corrected chi connectivity index (χ3v) is 3.46. The van der Waals surface area contributed by atoms with Crippen LogP contribution in [0.3, 0.4) is 0 Å². The second kappa shape index (κ2) is 6.85. The molecule has 0 fully saturated rings. The highest BCUT2D eigenvalue weighted by atomic mass is 32.1. The first kappa shape index (κ1) is 13.5. The molecule has 0 aliphatic heterocycles. The minimum Gasteiger partial charge on any atom is -0.347 e. The second-order valence-corrected chi connectivity index (χ2v) is 5.06. The fourth-order valence-electron chi connectivity index (χ4n) is 1.67. The van der Waals surface area contributed by atoms with Crippen molar-refractivity contribution in [1.82, 2.24) is 10.3 Å². The van der Waals surface area contributed by atoms with Gasteiger partial charge in [-0.2, -0.15) is 0 Å². The number of allylic oxidation sites excluding steroid dienone is 1. The van der Waals surface area contributed by atoms with Crippen LogP contribution in [0.15, 0.2) is 47.9 Å². The summed E-state index contributed by atoms with van der Waals surface area (Å²) < 4.78 is 0. The van der Waals surface area contributed by atoms with Crippen molar-refractivity contribution in [3.63, 3.8) is 0 Å². The van der Waals surface area contributed by atoms with Crippen molar-refractivity contribution in [1.29, 1.82) is 0 Å². The van der Waals surface area contributed by atoms with E-state index in [-0.39, 0.29) is 5.91 Å². The van der Waals surface area contributed by atoms with Gasteiger partial charge in [-0.3, -0.25) is 4.79 Å². The molecule has 1 amide bonds. The number of rotatable bonds is 5. The molecule has 0 spiro atoms. The molecule has 0 atom stereocenters. The van der Waals surface area contributed by atoms with E-state index in [1.54, 1.807) is 17.4 Å². The highest BCUT2D eigenvalue weighted by Gasteiger charge is 2.04. The van der Waals surface area contributed by atoms with Crippen LogP contribution in [-0.2, 0) is 17.8 Å². The van der Waals surface area contributed by atoms with Crippen molar-refractivity contribution in [3.05, 3.63) is 64.1 Å². The summed E-state index contributed by atoms with van der Waals surface area (Å²) >= 11 is 1.63. The third-order valence-electron chi connectivity index (χ3n) is 2.56. The highest BCUT2D eigenvalue weighted by molar-refractivity contribution is 7.09. The van der Waals surface area contributed by atoms with Crippen LogP contribution in [0.5, 0.6) is 0 Å². The van der Waals surface area contributed by atoms with Gasteiger partial charge in [0.1, 0.15) is 0 Å². The van der Waals surface area contributed by atoms with Crippen molar-refractivity contribution in [2.75, 3.05) is 0 Å². The van der Waals surface area contributed by atoms with E-state index in [1.807, 2.05) is 30.5 Å². The third kappa shape index (κ3) is 4.34. The van der Waals surface area contributed by atoms with E-state index in [2.05, 4.69) is 22.4 Å². The van der Waals surface area contributed by atoms with Crippen molar-refractivity contribution in [2.45, 2.75) is 19.9 Å². The van der Waals surface area contributed by atoms with Crippen LogP contribution in [-0.4, -0.2) is 10.9 Å². The summed E-state index contributed by atoms with van der Waals surface area (Å²) in [6.07, 6.45) is 4.07. The van der Waals surface area contributed by atoms with E-state index < -0.39 is 0 Å². The Balaban J connectivity index is 1.90. The Morgan fingerprint density at radius 3 is 2.89 bits per heavy atom. The Morgan fingerprint density at radius 1 is 1.37 bits per heavy atom. The van der Waals surface area contributed by atoms with Crippen LogP contribution < -0.4 is 5.32 Å². The molecule has 98 valence electrons. The van der Waals surface area contributed by atoms with E-state index in [9.17, 15) is 4.79 Å². The number of benzene rings is 1. The van der Waals surface area contributed by atoms with Gasteiger partial charge in [0, 0.05) is 11.8 Å². The molecule has 1 aromatic heterocycles. The fraction of sp³-hybridized carbons (Fsp3) is 0.200. The number of hydrogen-bond acceptors (Lipinski definition) is 3. The van der Waals surface area contributed by atoms with Gasteiger partial charge in [-0.05, 0) is 18.6 Å². The van der Waals surface area contributed by atoms with Crippen molar-refractivity contribution in [3.8, 4) is 0 Å². The summed E-state index contributed by atoms with van der Waals surface area (Å²) in [7, 11) is 0. The Morgan fingerprint density at radius 2 is 2.16 bits per heavy atom. The van der Waals surface area contributed by atoms with Gasteiger partial charge in [-0.15, -0.1) is 11.3 Å². The van der Waals surface area contributed by atoms with Crippen LogP contribution in [0.1, 0.15) is 23.2 Å². The van der Waals surface area contributed by atoms with Crippen LogP contribution >= 0.6 is 11.3 Å². The summed E-state index contributed by atoms with van der Waals surface area (Å²) in [5.74, 6) is -0.0832. The lowest BCUT2D eigenvalue weighted by Gasteiger charge is -1.98. The van der Waals surface area contributed by atoms with Gasteiger partial charge in [0.2, 0.25) is 5.91 Å². The standard InChI is InChI=1S/C15H16N2OS/c1-2-6-14(18)16-10-13-11-19-15(17-13)9-12-7-4-3-5-8-12/h2-8,11H,9-10H2,1H3,(H,16,18)/b6-2+. The molecular weight excluding hydrogens is 256 g/mol. The van der Waals surface area contributed by atoms with Gasteiger partial charge < -0.3 is 5.32 Å². The number of aromatic nitrogens is 1. The molecule has 4 heteroatoms. The predicted octanol–water partition coefficient (Wildman–Crippen LogP) is 2.93. The van der Waals surface area contributed by atoms with Crippen LogP contribution in [0.2, 0.25) is 0 Å². The summed E-state index contributed by atoms with van der Waals surface area (Å²) in [5, 5.41) is 5.86. The number of nitrogens with one attached hydrogen (secondary N) is 1. The van der Waals surface area contributed by atoms with Gasteiger partial charge in [0.15, 0.2) is 0 Å². The number of carbonyl (C=O) groups is 1. The zero-order valence-corrected chi connectivity index (χ0v) is 11.6. The Bertz CT molecular complexity index is 561. The maximum absolute atomic E-state index is 11.3. The number of nitrogens with zero attached hydrogens (tertiary/aromatic N) is 1. The van der Waals surface area contributed by atoms with Crippen molar-refractivity contribution < 1.29 is 4.79 Å². The molecule has 19 heavy (non-hydrogen) atoms. The molecule has 0 aliphatic rings. The first-order chi connectivity index (χ1) is 9.28. The SMILES string of the molecule is C/C=C/C(=O)NCc1csc(Cc2ccccc2)n1. The number of amides is 1. The number of carbonyl (C=O) groups excluding carboxylic acids is 1. The molecule has 0 bridgehead atoms. The molecule has 1 heterocycles. The molecule has 0 saturated carbocycles. The van der Waals surface area contributed by atoms with Gasteiger partial charge >= 0.3 is 0 Å². The molecule has 0 radical (unpaired) electrons. The molecule has 2 rings (SSSR count). The normalized spacial score (nSPS) is 10.8. The summed E-state index contributed by atoms with van der Waals surface area (Å²) in [5.41, 5.74) is 2.16. The molecule has 1 N–H and O–H groups in total. The van der Waals surface area contributed by atoms with E-state index >= 15 is 0 Å². The number of thiazole rings is 1. The molecule has 3 nitrogen and oxygen atoms in total. The molecule has 0 unspecified atom stereocenters. The maximum atomic E-state index is 11.3. The topological polar surface area (TPSA) is 42.0 Å². The average molecular weight is 272 g/mol. The predicted molar refractivity (Wildman–Crippen MR) is 78.0 cm³/mol. The molecule has 0 aliphatic carbocycles. The Labute approximate surface area is 117 Å². The first-order valence-electron chi connectivity index (χ1n) is 6.15. The zero-order chi connectivity index (χ0) is 13.5. The largest absolute Gasteiger partial charge is 0.347 e. The quantitative estimate of drug-likeness (QED) is 0.850. The lowest BCUT2D eigenvalue weighted by Crippen LogP contribution is -2.20. The minimum absolute atomic E-state index is 0.0832. The van der Waals surface area contributed by atoms with Crippen LogP contribution in [0.4, 0.5) is 0 Å². The van der Waals surface area contributed by atoms with Gasteiger partial charge in [-0.1, -0.05) is 36.4 Å². The monoisotopic (exact) mass is 272 g/mol. The van der Waals surface area contributed by atoms with E-state index in [0.717, 1.165) is 17.1 Å². The summed E-state index contributed by atoms with van der Waals surface area (Å²) in [6.45, 7) is 2.30. The van der Waals surface area contributed by atoms with Gasteiger partial charge in [-0.25, -0.2) is 4.98 Å². The number of hydrogen-bond donors (Lipinski definition) is 1. The highest BCUT2D eigenvalue weighted by Crippen LogP contribution is 2.14. The molecule has 0 saturated heterocycles. The Hall–Kier alpha value is -1.94.